The summed E-state index contributed by atoms with van der Waals surface area (Å²) in [6.07, 6.45) is 1.62. The highest BCUT2D eigenvalue weighted by atomic mass is 16.5. The van der Waals surface area contributed by atoms with Gasteiger partial charge in [-0.25, -0.2) is 9.98 Å². The van der Waals surface area contributed by atoms with E-state index < -0.39 is 0 Å². The minimum atomic E-state index is 0.0636. The molecule has 1 aromatic carbocycles. The Labute approximate surface area is 148 Å². The molecule has 1 aromatic heterocycles. The fourth-order valence-corrected chi connectivity index (χ4v) is 3.01. The lowest BCUT2D eigenvalue weighted by Crippen LogP contribution is -2.48. The van der Waals surface area contributed by atoms with Crippen LogP contribution in [0.1, 0.15) is 30.0 Å². The second-order valence-corrected chi connectivity index (χ2v) is 6.13. The molecule has 134 valence electrons. The zero-order valence-corrected chi connectivity index (χ0v) is 15.1. The van der Waals surface area contributed by atoms with E-state index in [1.807, 2.05) is 7.05 Å². The van der Waals surface area contributed by atoms with Gasteiger partial charge in [0.15, 0.2) is 5.96 Å². The van der Waals surface area contributed by atoms with Crippen LogP contribution >= 0.6 is 0 Å². The summed E-state index contributed by atoms with van der Waals surface area (Å²) in [5, 5.41) is 7.48. The molecular weight excluding hydrogens is 316 g/mol. The number of morpholine rings is 1. The minimum absolute atomic E-state index is 0.0636. The summed E-state index contributed by atoms with van der Waals surface area (Å²) in [4.78, 5) is 11.2. The Morgan fingerprint density at radius 3 is 2.96 bits per heavy atom. The van der Waals surface area contributed by atoms with Crippen LogP contribution in [-0.4, -0.2) is 51.9 Å². The number of benzene rings is 1. The van der Waals surface area contributed by atoms with E-state index in [0.717, 1.165) is 31.4 Å². The Morgan fingerprint density at radius 2 is 2.24 bits per heavy atom. The molecule has 0 spiro atoms. The molecule has 3 rings (SSSR count). The van der Waals surface area contributed by atoms with Gasteiger partial charge in [-0.1, -0.05) is 24.3 Å². The number of nitrogens with one attached hydrogen (secondary N) is 1. The van der Waals surface area contributed by atoms with E-state index >= 15 is 0 Å². The van der Waals surface area contributed by atoms with Crippen molar-refractivity contribution in [2.75, 3.05) is 26.2 Å². The summed E-state index contributed by atoms with van der Waals surface area (Å²) in [6, 6.07) is 8.40. The highest BCUT2D eigenvalue weighted by Crippen LogP contribution is 2.25. The van der Waals surface area contributed by atoms with Crippen molar-refractivity contribution >= 4 is 5.96 Å². The van der Waals surface area contributed by atoms with E-state index in [2.05, 4.69) is 58.4 Å². The number of hydrogen-bond donors (Lipinski definition) is 1. The maximum Gasteiger partial charge on any atom is 0.194 e. The van der Waals surface area contributed by atoms with Gasteiger partial charge in [-0.05, 0) is 25.0 Å². The maximum absolute atomic E-state index is 6.02. The first kappa shape index (κ1) is 17.4. The molecule has 2 aromatic rings. The van der Waals surface area contributed by atoms with Crippen LogP contribution in [0.15, 0.2) is 35.6 Å². The Kier molecular flexibility index (Phi) is 5.65. The van der Waals surface area contributed by atoms with Gasteiger partial charge in [-0.3, -0.25) is 4.68 Å². The second kappa shape index (κ2) is 8.11. The Morgan fingerprint density at radius 1 is 1.40 bits per heavy atom. The van der Waals surface area contributed by atoms with Crippen molar-refractivity contribution in [3.05, 3.63) is 47.5 Å². The molecular formula is C18H26N6O. The summed E-state index contributed by atoms with van der Waals surface area (Å²) in [5.74, 6) is 1.74. The average Bonchev–Trinajstić information content (AvgIpc) is 3.04. The van der Waals surface area contributed by atoms with Crippen molar-refractivity contribution < 1.29 is 4.74 Å². The maximum atomic E-state index is 6.02. The zero-order valence-electron chi connectivity index (χ0n) is 15.1. The molecule has 1 unspecified atom stereocenters. The minimum Gasteiger partial charge on any atom is -0.370 e. The van der Waals surface area contributed by atoms with Crippen LogP contribution in [0.3, 0.4) is 0 Å². The number of guanidine groups is 1. The monoisotopic (exact) mass is 342 g/mol. The molecule has 1 aliphatic rings. The summed E-state index contributed by atoms with van der Waals surface area (Å²) in [5.41, 5.74) is 2.51. The topological polar surface area (TPSA) is 67.6 Å². The number of ether oxygens (including phenoxy) is 1. The molecule has 7 nitrogen and oxygen atoms in total. The predicted molar refractivity (Wildman–Crippen MR) is 97.3 cm³/mol. The molecule has 1 atom stereocenters. The molecule has 0 amide bonds. The lowest BCUT2D eigenvalue weighted by molar-refractivity contribution is -0.00834. The van der Waals surface area contributed by atoms with Gasteiger partial charge in [0.2, 0.25) is 0 Å². The fraction of sp³-hybridized carbons (Fsp3) is 0.500. The Bertz CT molecular complexity index is 726. The van der Waals surface area contributed by atoms with Crippen LogP contribution in [0.5, 0.6) is 0 Å². The van der Waals surface area contributed by atoms with Crippen molar-refractivity contribution in [2.45, 2.75) is 26.5 Å². The molecule has 2 heterocycles. The van der Waals surface area contributed by atoms with Crippen molar-refractivity contribution in [1.82, 2.24) is 25.0 Å². The van der Waals surface area contributed by atoms with Gasteiger partial charge in [0, 0.05) is 20.1 Å². The third kappa shape index (κ3) is 4.17. The van der Waals surface area contributed by atoms with Gasteiger partial charge in [0.05, 0.1) is 13.2 Å². The van der Waals surface area contributed by atoms with Crippen LogP contribution in [-0.2, 0) is 18.3 Å². The number of aromatic nitrogens is 3. The van der Waals surface area contributed by atoms with Gasteiger partial charge < -0.3 is 15.0 Å². The van der Waals surface area contributed by atoms with Crippen molar-refractivity contribution in [3.8, 4) is 0 Å². The average molecular weight is 342 g/mol. The number of hydrogen-bond acceptors (Lipinski definition) is 4. The molecule has 25 heavy (non-hydrogen) atoms. The Hall–Kier alpha value is -2.41. The summed E-state index contributed by atoms with van der Waals surface area (Å²) in [6.45, 7) is 7.84. The molecule has 1 fully saturated rings. The quantitative estimate of drug-likeness (QED) is 0.676. The van der Waals surface area contributed by atoms with Crippen molar-refractivity contribution in [1.29, 1.82) is 0 Å². The van der Waals surface area contributed by atoms with Gasteiger partial charge >= 0.3 is 0 Å². The van der Waals surface area contributed by atoms with Crippen LogP contribution in [0.4, 0.5) is 0 Å². The highest BCUT2D eigenvalue weighted by Gasteiger charge is 2.25. The first-order valence-electron chi connectivity index (χ1n) is 8.72. The smallest absolute Gasteiger partial charge is 0.194 e. The third-order valence-electron chi connectivity index (χ3n) is 4.41. The Balaban J connectivity index is 1.74. The van der Waals surface area contributed by atoms with E-state index in [1.165, 1.54) is 11.1 Å². The first-order valence-corrected chi connectivity index (χ1v) is 8.72. The standard InChI is InChI=1S/C18H26N6O/c1-4-19-18(20-11-17-21-13-22-23(17)3)24-9-10-25-16(12-24)15-8-6-5-7-14(15)2/h5-8,13,16H,4,9-12H2,1-3H3,(H,19,20). The molecule has 7 heteroatoms. The van der Waals surface area contributed by atoms with Gasteiger partial charge in [0.1, 0.15) is 24.8 Å². The van der Waals surface area contributed by atoms with E-state index in [1.54, 1.807) is 11.0 Å². The molecule has 0 saturated carbocycles. The number of nitrogens with zero attached hydrogens (tertiary/aromatic N) is 5. The first-order chi connectivity index (χ1) is 12.2. The molecule has 0 bridgehead atoms. The van der Waals surface area contributed by atoms with Crippen molar-refractivity contribution in [2.24, 2.45) is 12.0 Å². The van der Waals surface area contributed by atoms with Gasteiger partial charge in [-0.2, -0.15) is 5.10 Å². The molecule has 1 aliphatic heterocycles. The van der Waals surface area contributed by atoms with E-state index in [0.29, 0.717) is 13.2 Å². The molecule has 0 radical (unpaired) electrons. The largest absolute Gasteiger partial charge is 0.370 e. The summed E-state index contributed by atoms with van der Waals surface area (Å²) < 4.78 is 7.77. The lowest BCUT2D eigenvalue weighted by atomic mass is 10.0. The third-order valence-corrected chi connectivity index (χ3v) is 4.41. The molecule has 1 saturated heterocycles. The van der Waals surface area contributed by atoms with Crippen molar-refractivity contribution in [3.63, 3.8) is 0 Å². The molecule has 1 N–H and O–H groups in total. The summed E-state index contributed by atoms with van der Waals surface area (Å²) >= 11 is 0. The lowest BCUT2D eigenvalue weighted by Gasteiger charge is -2.35. The van der Waals surface area contributed by atoms with E-state index in [-0.39, 0.29) is 6.10 Å². The number of aliphatic imine (C=N–C) groups is 1. The fourth-order valence-electron chi connectivity index (χ4n) is 3.01. The van der Waals surface area contributed by atoms with Gasteiger partial charge in [-0.15, -0.1) is 0 Å². The van der Waals surface area contributed by atoms with Crippen LogP contribution in [0.2, 0.25) is 0 Å². The number of rotatable bonds is 4. The van der Waals surface area contributed by atoms with Crippen LogP contribution in [0.25, 0.3) is 0 Å². The summed E-state index contributed by atoms with van der Waals surface area (Å²) in [7, 11) is 1.88. The highest BCUT2D eigenvalue weighted by molar-refractivity contribution is 5.80. The zero-order chi connectivity index (χ0) is 17.6. The van der Waals surface area contributed by atoms with Crippen LogP contribution in [0, 0.1) is 6.92 Å². The van der Waals surface area contributed by atoms with E-state index in [9.17, 15) is 0 Å². The molecule has 0 aliphatic carbocycles. The van der Waals surface area contributed by atoms with Gasteiger partial charge in [0.25, 0.3) is 0 Å². The SMILES string of the molecule is CCNC(=NCc1ncnn1C)N1CCOC(c2ccccc2C)C1. The predicted octanol–water partition coefficient (Wildman–Crippen LogP) is 1.66. The normalized spacial score (nSPS) is 18.4. The number of aryl methyl sites for hydroxylation is 2. The second-order valence-electron chi connectivity index (χ2n) is 6.13. The van der Waals surface area contributed by atoms with E-state index in [4.69, 9.17) is 9.73 Å². The van der Waals surface area contributed by atoms with Crippen LogP contribution < -0.4 is 5.32 Å².